The van der Waals surface area contributed by atoms with Crippen molar-refractivity contribution >= 4 is 17.1 Å². The third-order valence-corrected chi connectivity index (χ3v) is 1.79. The Morgan fingerprint density at radius 3 is 3.07 bits per heavy atom. The Kier molecular flexibility index (Phi) is 1.92. The second-order valence-electron chi connectivity index (χ2n) is 2.61. The average molecular weight is 195 g/mol. The molecule has 0 fully saturated rings. The second-order valence-corrected chi connectivity index (χ2v) is 2.61. The van der Waals surface area contributed by atoms with Crippen LogP contribution in [0, 0.1) is 6.14 Å². The van der Waals surface area contributed by atoms with E-state index in [2.05, 4.69) is 14.1 Å². The molecule has 0 N–H and O–H groups in total. The van der Waals surface area contributed by atoms with Crippen LogP contribution in [0.1, 0.15) is 10.4 Å². The maximum atomic E-state index is 12.6. The summed E-state index contributed by atoms with van der Waals surface area (Å²) >= 11 is 0. The van der Waals surface area contributed by atoms with E-state index in [0.29, 0.717) is 5.52 Å². The summed E-state index contributed by atoms with van der Waals surface area (Å²) in [5, 5.41) is 0. The van der Waals surface area contributed by atoms with E-state index in [0.717, 1.165) is 0 Å². The number of halogens is 1. The van der Waals surface area contributed by atoms with Gasteiger partial charge in [0.25, 0.3) is 0 Å². The van der Waals surface area contributed by atoms with E-state index in [9.17, 15) is 9.18 Å². The van der Waals surface area contributed by atoms with Gasteiger partial charge in [0, 0.05) is 0 Å². The van der Waals surface area contributed by atoms with E-state index < -0.39 is 12.1 Å². The number of methoxy groups -OCH3 is 1. The molecule has 0 unspecified atom stereocenters. The molecule has 4 nitrogen and oxygen atoms in total. The lowest BCUT2D eigenvalue weighted by atomic mass is 10.2. The van der Waals surface area contributed by atoms with Gasteiger partial charge in [-0.05, 0) is 12.1 Å². The summed E-state index contributed by atoms with van der Waals surface area (Å²) in [6, 6.07) is 4.61. The summed E-state index contributed by atoms with van der Waals surface area (Å²) in [6.45, 7) is 0. The number of esters is 1. The largest absolute Gasteiger partial charge is 0.465 e. The highest BCUT2D eigenvalue weighted by Crippen LogP contribution is 2.19. The molecule has 5 heteroatoms. The topological polar surface area (TPSA) is 52.3 Å². The highest BCUT2D eigenvalue weighted by atomic mass is 19.1. The van der Waals surface area contributed by atoms with Crippen molar-refractivity contribution < 1.29 is 18.3 Å². The first-order valence-electron chi connectivity index (χ1n) is 3.85. The van der Waals surface area contributed by atoms with Gasteiger partial charge in [-0.3, -0.25) is 0 Å². The Morgan fingerprint density at radius 2 is 2.36 bits per heavy atom. The van der Waals surface area contributed by atoms with Crippen LogP contribution in [0.3, 0.4) is 0 Å². The number of oxazole rings is 1. The number of aromatic nitrogens is 1. The summed E-state index contributed by atoms with van der Waals surface area (Å²) in [7, 11) is 1.24. The van der Waals surface area contributed by atoms with Gasteiger partial charge in [-0.2, -0.15) is 4.98 Å². The predicted molar refractivity (Wildman–Crippen MR) is 45.3 cm³/mol. The Labute approximate surface area is 78.3 Å². The van der Waals surface area contributed by atoms with Crippen LogP contribution < -0.4 is 0 Å². The van der Waals surface area contributed by atoms with E-state index in [4.69, 9.17) is 0 Å². The van der Waals surface area contributed by atoms with Gasteiger partial charge in [-0.15, -0.1) is 4.39 Å². The van der Waals surface area contributed by atoms with E-state index >= 15 is 0 Å². The summed E-state index contributed by atoms with van der Waals surface area (Å²) in [4.78, 5) is 14.7. The van der Waals surface area contributed by atoms with Crippen molar-refractivity contribution in [2.45, 2.75) is 0 Å². The number of fused-ring (bicyclic) bond motifs is 1. The minimum atomic E-state index is -0.962. The number of hydrogen-bond donors (Lipinski definition) is 0. The summed E-state index contributed by atoms with van der Waals surface area (Å²) in [5.74, 6) is -0.577. The Balaban J connectivity index is 2.70. The fourth-order valence-corrected chi connectivity index (χ4v) is 1.19. The van der Waals surface area contributed by atoms with Crippen molar-refractivity contribution in [3.8, 4) is 0 Å². The van der Waals surface area contributed by atoms with Gasteiger partial charge in [0.2, 0.25) is 0 Å². The smallest absolute Gasteiger partial charge is 0.382 e. The zero-order chi connectivity index (χ0) is 10.1. The predicted octanol–water partition coefficient (Wildman–Crippen LogP) is 1.75. The molecule has 1 heterocycles. The van der Waals surface area contributed by atoms with E-state index in [1.807, 2.05) is 0 Å². The minimum absolute atomic E-state index is 0.108. The highest BCUT2D eigenvalue weighted by Gasteiger charge is 2.15. The molecular weight excluding hydrogens is 189 g/mol. The molecule has 0 aliphatic rings. The van der Waals surface area contributed by atoms with Crippen molar-refractivity contribution in [1.82, 2.24) is 4.98 Å². The van der Waals surface area contributed by atoms with E-state index in [1.165, 1.54) is 13.2 Å². The molecule has 0 saturated carbocycles. The zero-order valence-corrected chi connectivity index (χ0v) is 7.28. The van der Waals surface area contributed by atoms with Crippen LogP contribution in [-0.2, 0) is 4.74 Å². The number of carbonyl (C=O) groups excluding carboxylic acids is 1. The number of carbonyl (C=O) groups is 1. The van der Waals surface area contributed by atoms with Crippen LogP contribution in [0.5, 0.6) is 0 Å². The van der Waals surface area contributed by atoms with E-state index in [1.54, 1.807) is 12.1 Å². The van der Waals surface area contributed by atoms with Crippen LogP contribution in [0.2, 0.25) is 0 Å². The Bertz CT molecular complexity index is 492. The van der Waals surface area contributed by atoms with Gasteiger partial charge in [0.05, 0.1) is 7.11 Å². The molecule has 2 rings (SSSR count). The molecule has 1 aromatic carbocycles. The molecule has 0 aliphatic heterocycles. The van der Waals surface area contributed by atoms with Crippen molar-refractivity contribution in [3.63, 3.8) is 0 Å². The molecule has 0 atom stereocenters. The number of rotatable bonds is 1. The summed E-state index contributed by atoms with van der Waals surface area (Å²) < 4.78 is 21.8. The fourth-order valence-electron chi connectivity index (χ4n) is 1.19. The number of ether oxygens (including phenoxy) is 1. The lowest BCUT2D eigenvalue weighted by Crippen LogP contribution is -2.00. The average Bonchev–Trinajstić information content (AvgIpc) is 2.56. The molecule has 14 heavy (non-hydrogen) atoms. The quantitative estimate of drug-likeness (QED) is 0.650. The molecular formula is C9H6FNO3. The van der Waals surface area contributed by atoms with Crippen molar-refractivity contribution in [2.75, 3.05) is 7.11 Å². The van der Waals surface area contributed by atoms with Crippen molar-refractivity contribution in [2.24, 2.45) is 0 Å². The molecule has 2 aromatic rings. The zero-order valence-electron chi connectivity index (χ0n) is 7.28. The monoisotopic (exact) mass is 195 g/mol. The summed E-state index contributed by atoms with van der Waals surface area (Å²) in [6.07, 6.45) is -0.962. The highest BCUT2D eigenvalue weighted by molar-refractivity contribution is 6.00. The summed E-state index contributed by atoms with van der Waals surface area (Å²) in [5.41, 5.74) is 0.573. The Hall–Kier alpha value is -1.91. The van der Waals surface area contributed by atoms with Gasteiger partial charge in [0.1, 0.15) is 11.1 Å². The standard InChI is InChI=1S/C9H6FNO3/c1-13-8(12)5-3-2-4-6-7(5)14-9(10)11-6/h2-4H,1H3. The third kappa shape index (κ3) is 1.22. The molecule has 0 aliphatic carbocycles. The second kappa shape index (κ2) is 3.10. The first kappa shape index (κ1) is 8.68. The van der Waals surface area contributed by atoms with Gasteiger partial charge >= 0.3 is 12.1 Å². The van der Waals surface area contributed by atoms with Crippen LogP contribution in [0.15, 0.2) is 22.6 Å². The molecule has 1 aromatic heterocycles. The third-order valence-electron chi connectivity index (χ3n) is 1.79. The van der Waals surface area contributed by atoms with Gasteiger partial charge in [-0.1, -0.05) is 6.07 Å². The lowest BCUT2D eigenvalue weighted by Gasteiger charge is -1.97. The SMILES string of the molecule is COC(=O)c1cccc2nc(F)oc12. The van der Waals surface area contributed by atoms with Crippen LogP contribution >= 0.6 is 0 Å². The molecule has 0 saturated heterocycles. The fraction of sp³-hybridized carbons (Fsp3) is 0.111. The lowest BCUT2D eigenvalue weighted by molar-refractivity contribution is 0.0601. The van der Waals surface area contributed by atoms with Gasteiger partial charge in [-0.25, -0.2) is 4.79 Å². The van der Waals surface area contributed by atoms with Gasteiger partial charge in [0.15, 0.2) is 5.58 Å². The van der Waals surface area contributed by atoms with E-state index in [-0.39, 0.29) is 11.1 Å². The molecule has 0 spiro atoms. The van der Waals surface area contributed by atoms with Crippen LogP contribution in [0.25, 0.3) is 11.1 Å². The molecule has 72 valence electrons. The van der Waals surface area contributed by atoms with Crippen LogP contribution in [0.4, 0.5) is 4.39 Å². The molecule has 0 radical (unpaired) electrons. The maximum absolute atomic E-state index is 12.6. The number of para-hydroxylation sites is 1. The maximum Gasteiger partial charge on any atom is 0.382 e. The van der Waals surface area contributed by atoms with Crippen molar-refractivity contribution in [3.05, 3.63) is 29.9 Å². The number of nitrogens with zero attached hydrogens (tertiary/aromatic N) is 1. The normalized spacial score (nSPS) is 10.4. The number of hydrogen-bond acceptors (Lipinski definition) is 4. The first-order valence-corrected chi connectivity index (χ1v) is 3.85. The van der Waals surface area contributed by atoms with Gasteiger partial charge < -0.3 is 9.15 Å². The Morgan fingerprint density at radius 1 is 1.57 bits per heavy atom. The first-order chi connectivity index (χ1) is 6.72. The molecule has 0 amide bonds. The molecule has 0 bridgehead atoms. The minimum Gasteiger partial charge on any atom is -0.465 e. The number of benzene rings is 1. The van der Waals surface area contributed by atoms with Crippen LogP contribution in [-0.4, -0.2) is 18.1 Å². The van der Waals surface area contributed by atoms with Crippen molar-refractivity contribution in [1.29, 1.82) is 0 Å².